The summed E-state index contributed by atoms with van der Waals surface area (Å²) in [6, 6.07) is 16.6. The van der Waals surface area contributed by atoms with Gasteiger partial charge in [0.2, 0.25) is 5.91 Å². The standard InChI is InChI=1S/C23H29NO3S/c1-18-11-13-21(14-12-18)28(26,27)19(2)22(17-20-9-5-3-6-10-20)23(25)24-15-7-4-8-16-24/h3,5-6,9-14,19,22H,4,7-8,15-17H2,1-2H3. The minimum atomic E-state index is -3.61. The zero-order chi connectivity index (χ0) is 20.1. The Balaban J connectivity index is 1.92. The molecule has 0 radical (unpaired) electrons. The van der Waals surface area contributed by atoms with Crippen molar-refractivity contribution in [3.63, 3.8) is 0 Å². The molecule has 1 aliphatic heterocycles. The van der Waals surface area contributed by atoms with Gasteiger partial charge in [0.1, 0.15) is 0 Å². The Bertz CT molecular complexity index is 885. The lowest BCUT2D eigenvalue weighted by molar-refractivity contribution is -0.136. The van der Waals surface area contributed by atoms with Gasteiger partial charge in [0.25, 0.3) is 0 Å². The van der Waals surface area contributed by atoms with Crippen molar-refractivity contribution in [3.05, 3.63) is 65.7 Å². The van der Waals surface area contributed by atoms with E-state index in [2.05, 4.69) is 0 Å². The van der Waals surface area contributed by atoms with Crippen LogP contribution in [0.2, 0.25) is 0 Å². The van der Waals surface area contributed by atoms with Crippen molar-refractivity contribution in [2.24, 2.45) is 5.92 Å². The van der Waals surface area contributed by atoms with Crippen molar-refractivity contribution >= 4 is 15.7 Å². The summed E-state index contributed by atoms with van der Waals surface area (Å²) < 4.78 is 26.6. The Morgan fingerprint density at radius 3 is 2.18 bits per heavy atom. The monoisotopic (exact) mass is 399 g/mol. The first-order valence-corrected chi connectivity index (χ1v) is 11.6. The number of hydrogen-bond donors (Lipinski definition) is 0. The van der Waals surface area contributed by atoms with E-state index in [0.29, 0.717) is 6.42 Å². The van der Waals surface area contributed by atoms with Gasteiger partial charge in [0, 0.05) is 13.1 Å². The fourth-order valence-corrected chi connectivity index (χ4v) is 5.42. The third-order valence-corrected chi connectivity index (χ3v) is 7.93. The molecule has 28 heavy (non-hydrogen) atoms. The van der Waals surface area contributed by atoms with E-state index in [1.54, 1.807) is 31.2 Å². The first kappa shape index (κ1) is 20.6. The lowest BCUT2D eigenvalue weighted by Crippen LogP contribution is -2.45. The molecule has 2 aromatic rings. The van der Waals surface area contributed by atoms with E-state index in [4.69, 9.17) is 0 Å². The Labute approximate surface area is 168 Å². The minimum absolute atomic E-state index is 0.0354. The summed E-state index contributed by atoms with van der Waals surface area (Å²) in [7, 11) is -3.61. The average Bonchev–Trinajstić information content (AvgIpc) is 2.73. The quantitative estimate of drug-likeness (QED) is 0.737. The van der Waals surface area contributed by atoms with Gasteiger partial charge in [-0.25, -0.2) is 8.42 Å². The number of nitrogens with zero attached hydrogens (tertiary/aromatic N) is 1. The molecular formula is C23H29NO3S. The van der Waals surface area contributed by atoms with Gasteiger partial charge in [-0.3, -0.25) is 4.79 Å². The van der Waals surface area contributed by atoms with Gasteiger partial charge in [-0.1, -0.05) is 48.0 Å². The van der Waals surface area contributed by atoms with Crippen LogP contribution in [0.25, 0.3) is 0 Å². The Morgan fingerprint density at radius 1 is 0.964 bits per heavy atom. The molecule has 0 N–H and O–H groups in total. The summed E-state index contributed by atoms with van der Waals surface area (Å²) in [6.07, 6.45) is 3.54. The van der Waals surface area contributed by atoms with Crippen molar-refractivity contribution < 1.29 is 13.2 Å². The molecule has 2 atom stereocenters. The topological polar surface area (TPSA) is 54.5 Å². The summed E-state index contributed by atoms with van der Waals surface area (Å²) in [5, 5.41) is -0.787. The summed E-state index contributed by atoms with van der Waals surface area (Å²) in [6.45, 7) is 5.06. The summed E-state index contributed by atoms with van der Waals surface area (Å²) in [4.78, 5) is 15.5. The molecule has 1 fully saturated rings. The maximum absolute atomic E-state index is 13.3. The summed E-state index contributed by atoms with van der Waals surface area (Å²) >= 11 is 0. The first-order valence-electron chi connectivity index (χ1n) is 10.0. The van der Waals surface area contributed by atoms with Crippen molar-refractivity contribution in [3.8, 4) is 0 Å². The zero-order valence-corrected chi connectivity index (χ0v) is 17.5. The fraction of sp³-hybridized carbons (Fsp3) is 0.435. The fourth-order valence-electron chi connectivity index (χ4n) is 3.83. The van der Waals surface area contributed by atoms with E-state index >= 15 is 0 Å². The second kappa shape index (κ2) is 8.91. The molecule has 4 nitrogen and oxygen atoms in total. The van der Waals surface area contributed by atoms with E-state index < -0.39 is 21.0 Å². The van der Waals surface area contributed by atoms with Crippen LogP contribution >= 0.6 is 0 Å². The Kier molecular flexibility index (Phi) is 6.55. The number of hydrogen-bond acceptors (Lipinski definition) is 3. The Hall–Kier alpha value is -2.14. The van der Waals surface area contributed by atoms with Crippen LogP contribution in [0.15, 0.2) is 59.5 Å². The molecule has 1 aliphatic rings. The average molecular weight is 400 g/mol. The molecule has 0 aromatic heterocycles. The van der Waals surface area contributed by atoms with Crippen LogP contribution in [0.1, 0.15) is 37.3 Å². The predicted octanol–water partition coefficient (Wildman–Crippen LogP) is 4.03. The maximum Gasteiger partial charge on any atom is 0.227 e. The van der Waals surface area contributed by atoms with E-state index in [-0.39, 0.29) is 10.8 Å². The second-order valence-electron chi connectivity index (χ2n) is 7.75. The van der Waals surface area contributed by atoms with Crippen molar-refractivity contribution in [1.29, 1.82) is 0 Å². The van der Waals surface area contributed by atoms with Crippen LogP contribution in [-0.4, -0.2) is 37.6 Å². The number of piperidine rings is 1. The number of carbonyl (C=O) groups excluding carboxylic acids is 1. The molecule has 0 bridgehead atoms. The molecule has 0 spiro atoms. The van der Waals surface area contributed by atoms with Crippen LogP contribution < -0.4 is 0 Å². The molecule has 2 unspecified atom stereocenters. The number of amides is 1. The van der Waals surface area contributed by atoms with E-state index in [9.17, 15) is 13.2 Å². The number of aryl methyl sites for hydroxylation is 1. The van der Waals surface area contributed by atoms with Crippen molar-refractivity contribution in [1.82, 2.24) is 4.90 Å². The largest absolute Gasteiger partial charge is 0.342 e. The van der Waals surface area contributed by atoms with Gasteiger partial charge in [-0.2, -0.15) is 0 Å². The predicted molar refractivity (Wildman–Crippen MR) is 112 cm³/mol. The SMILES string of the molecule is Cc1ccc(S(=O)(=O)C(C)C(Cc2ccccc2)C(=O)N2CCCCC2)cc1. The van der Waals surface area contributed by atoms with Crippen LogP contribution in [0.3, 0.4) is 0 Å². The number of carbonyl (C=O) groups is 1. The van der Waals surface area contributed by atoms with Crippen LogP contribution in [0, 0.1) is 12.8 Å². The number of benzene rings is 2. The van der Waals surface area contributed by atoms with Crippen molar-refractivity contribution in [2.45, 2.75) is 49.7 Å². The molecular weight excluding hydrogens is 370 g/mol. The van der Waals surface area contributed by atoms with Gasteiger partial charge in [-0.05, 0) is 57.2 Å². The van der Waals surface area contributed by atoms with Gasteiger partial charge >= 0.3 is 0 Å². The highest BCUT2D eigenvalue weighted by Crippen LogP contribution is 2.27. The lowest BCUT2D eigenvalue weighted by Gasteiger charge is -2.33. The summed E-state index contributed by atoms with van der Waals surface area (Å²) in [5.41, 5.74) is 2.00. The number of rotatable bonds is 6. The third-order valence-electron chi connectivity index (χ3n) is 5.69. The molecule has 5 heteroatoms. The third kappa shape index (κ3) is 4.64. The number of sulfone groups is 1. The molecule has 1 saturated heterocycles. The molecule has 1 heterocycles. The highest BCUT2D eigenvalue weighted by Gasteiger charge is 2.37. The van der Waals surface area contributed by atoms with Gasteiger partial charge < -0.3 is 4.90 Å². The summed E-state index contributed by atoms with van der Waals surface area (Å²) in [5.74, 6) is -0.626. The van der Waals surface area contributed by atoms with Crippen LogP contribution in [0.5, 0.6) is 0 Å². The molecule has 2 aromatic carbocycles. The molecule has 0 aliphatic carbocycles. The van der Waals surface area contributed by atoms with E-state index in [1.807, 2.05) is 42.2 Å². The normalized spacial score (nSPS) is 17.1. The van der Waals surface area contributed by atoms with E-state index in [1.165, 1.54) is 0 Å². The van der Waals surface area contributed by atoms with Gasteiger partial charge in [0.15, 0.2) is 9.84 Å². The van der Waals surface area contributed by atoms with Crippen LogP contribution in [0.4, 0.5) is 0 Å². The van der Waals surface area contributed by atoms with E-state index in [0.717, 1.165) is 43.5 Å². The highest BCUT2D eigenvalue weighted by atomic mass is 32.2. The molecule has 3 rings (SSSR count). The zero-order valence-electron chi connectivity index (χ0n) is 16.7. The second-order valence-corrected chi connectivity index (χ2v) is 10.1. The van der Waals surface area contributed by atoms with Crippen molar-refractivity contribution in [2.75, 3.05) is 13.1 Å². The lowest BCUT2D eigenvalue weighted by atomic mass is 9.94. The Morgan fingerprint density at radius 2 is 1.57 bits per heavy atom. The number of likely N-dealkylation sites (tertiary alicyclic amines) is 1. The van der Waals surface area contributed by atoms with Gasteiger partial charge in [-0.15, -0.1) is 0 Å². The smallest absolute Gasteiger partial charge is 0.227 e. The minimum Gasteiger partial charge on any atom is -0.342 e. The van der Waals surface area contributed by atoms with Gasteiger partial charge in [0.05, 0.1) is 16.1 Å². The molecule has 150 valence electrons. The molecule has 1 amide bonds. The van der Waals surface area contributed by atoms with Crippen LogP contribution in [-0.2, 0) is 21.1 Å². The molecule has 0 saturated carbocycles. The maximum atomic E-state index is 13.3. The first-order chi connectivity index (χ1) is 13.4. The highest BCUT2D eigenvalue weighted by molar-refractivity contribution is 7.92.